The van der Waals surface area contributed by atoms with Crippen LogP contribution in [-0.2, 0) is 4.74 Å². The maximum Gasteiger partial charge on any atom is 0.574 e. The van der Waals surface area contributed by atoms with Gasteiger partial charge in [0.05, 0.1) is 6.61 Å². The van der Waals surface area contributed by atoms with Gasteiger partial charge >= 0.3 is 12.3 Å². The van der Waals surface area contributed by atoms with Crippen molar-refractivity contribution in [2.24, 2.45) is 0 Å². The summed E-state index contributed by atoms with van der Waals surface area (Å²) in [4.78, 5) is 14.6. The third-order valence-corrected chi connectivity index (χ3v) is 1.85. The fourth-order valence-corrected chi connectivity index (χ4v) is 1.13. The van der Waals surface area contributed by atoms with Crippen LogP contribution < -0.4 is 4.74 Å². The molecule has 0 aromatic carbocycles. The van der Waals surface area contributed by atoms with Gasteiger partial charge in [-0.15, -0.1) is 13.2 Å². The van der Waals surface area contributed by atoms with Gasteiger partial charge in [-0.1, -0.05) is 0 Å². The summed E-state index contributed by atoms with van der Waals surface area (Å²) >= 11 is 0. The largest absolute Gasteiger partial charge is 0.574 e. The van der Waals surface area contributed by atoms with E-state index >= 15 is 0 Å². The van der Waals surface area contributed by atoms with Crippen LogP contribution in [0.15, 0.2) is 6.07 Å². The number of aryl methyl sites for hydroxylation is 1. The Labute approximate surface area is 100 Å². The minimum absolute atomic E-state index is 0.0207. The van der Waals surface area contributed by atoms with Crippen LogP contribution in [0.25, 0.3) is 0 Å². The highest BCUT2D eigenvalue weighted by Gasteiger charge is 2.34. The molecule has 1 aromatic heterocycles. The average Bonchev–Trinajstić information content (AvgIpc) is 2.22. The van der Waals surface area contributed by atoms with E-state index in [2.05, 4.69) is 14.5 Å². The Bertz CT molecular complexity index is 459. The lowest BCUT2D eigenvalue weighted by molar-refractivity contribution is -0.276. The van der Waals surface area contributed by atoms with Gasteiger partial charge in [-0.05, 0) is 25.5 Å². The summed E-state index contributed by atoms with van der Waals surface area (Å²) < 4.78 is 44.2. The molecule has 0 saturated heterocycles. The van der Waals surface area contributed by atoms with Crippen molar-refractivity contribution in [3.8, 4) is 11.6 Å². The molecule has 0 fully saturated rings. The molecule has 0 radical (unpaired) electrons. The van der Waals surface area contributed by atoms with Crippen molar-refractivity contribution in [3.05, 3.63) is 17.3 Å². The number of aromatic nitrogens is 1. The Hall–Kier alpha value is -1.99. The highest BCUT2D eigenvalue weighted by Crippen LogP contribution is 2.32. The van der Waals surface area contributed by atoms with E-state index in [0.29, 0.717) is 0 Å². The minimum Gasteiger partial charge on any atom is -0.503 e. The zero-order valence-corrected chi connectivity index (χ0v) is 9.54. The van der Waals surface area contributed by atoms with Gasteiger partial charge in [0.1, 0.15) is 0 Å². The van der Waals surface area contributed by atoms with Gasteiger partial charge in [0.2, 0.25) is 0 Å². The van der Waals surface area contributed by atoms with Gasteiger partial charge in [-0.3, -0.25) is 0 Å². The minimum atomic E-state index is -5.01. The van der Waals surface area contributed by atoms with Crippen LogP contribution in [0.5, 0.6) is 11.6 Å². The van der Waals surface area contributed by atoms with Crippen LogP contribution in [-0.4, -0.2) is 29.0 Å². The summed E-state index contributed by atoms with van der Waals surface area (Å²) in [6.07, 6.45) is -5.01. The summed E-state index contributed by atoms with van der Waals surface area (Å²) in [5, 5.41) is 9.36. The van der Waals surface area contributed by atoms with Crippen molar-refractivity contribution < 1.29 is 32.5 Å². The number of hydrogen-bond acceptors (Lipinski definition) is 5. The van der Waals surface area contributed by atoms with Crippen LogP contribution >= 0.6 is 0 Å². The third-order valence-electron chi connectivity index (χ3n) is 1.85. The fraction of sp³-hybridized carbons (Fsp3) is 0.400. The molecule has 8 heteroatoms. The number of aromatic hydroxyl groups is 1. The molecule has 1 rings (SSSR count). The van der Waals surface area contributed by atoms with Crippen molar-refractivity contribution in [1.82, 2.24) is 4.98 Å². The number of esters is 1. The van der Waals surface area contributed by atoms with E-state index in [9.17, 15) is 23.1 Å². The van der Waals surface area contributed by atoms with E-state index < -0.39 is 24.0 Å². The Morgan fingerprint density at radius 1 is 1.50 bits per heavy atom. The molecule has 5 nitrogen and oxygen atoms in total. The quantitative estimate of drug-likeness (QED) is 0.848. The van der Waals surface area contributed by atoms with Gasteiger partial charge in [0.15, 0.2) is 11.4 Å². The topological polar surface area (TPSA) is 68.7 Å². The molecular formula is C10H10F3NO4. The molecule has 1 heterocycles. The number of alkyl halides is 3. The first-order valence-electron chi connectivity index (χ1n) is 4.88. The second-order valence-electron chi connectivity index (χ2n) is 3.25. The predicted molar refractivity (Wildman–Crippen MR) is 53.3 cm³/mol. The monoisotopic (exact) mass is 265 g/mol. The molecule has 0 atom stereocenters. The van der Waals surface area contributed by atoms with E-state index in [-0.39, 0.29) is 17.9 Å². The number of carbonyl (C=O) groups excluding carboxylic acids is 1. The molecule has 1 aromatic rings. The average molecular weight is 265 g/mol. The highest BCUT2D eigenvalue weighted by atomic mass is 19.4. The number of pyridine rings is 1. The molecule has 0 bridgehead atoms. The molecule has 1 N–H and O–H groups in total. The van der Waals surface area contributed by atoms with Crippen molar-refractivity contribution in [2.45, 2.75) is 20.2 Å². The highest BCUT2D eigenvalue weighted by molar-refractivity contribution is 5.88. The Morgan fingerprint density at radius 3 is 2.61 bits per heavy atom. The van der Waals surface area contributed by atoms with E-state index in [1.807, 2.05) is 0 Å². The summed E-state index contributed by atoms with van der Waals surface area (Å²) in [6, 6.07) is 1.11. The van der Waals surface area contributed by atoms with E-state index in [0.717, 1.165) is 6.07 Å². The molecule has 0 unspecified atom stereocenters. The summed E-state index contributed by atoms with van der Waals surface area (Å²) in [5.74, 6) is -2.75. The van der Waals surface area contributed by atoms with Gasteiger partial charge in [0.25, 0.3) is 5.88 Å². The Kier molecular flexibility index (Phi) is 4.00. The van der Waals surface area contributed by atoms with Crippen LogP contribution in [0.1, 0.15) is 23.0 Å². The van der Waals surface area contributed by atoms with Gasteiger partial charge < -0.3 is 14.6 Å². The Balaban J connectivity index is 3.14. The van der Waals surface area contributed by atoms with Crippen LogP contribution in [0.2, 0.25) is 0 Å². The number of nitrogens with zero attached hydrogens (tertiary/aromatic N) is 1. The van der Waals surface area contributed by atoms with E-state index in [1.165, 1.54) is 13.8 Å². The fourth-order valence-electron chi connectivity index (χ4n) is 1.13. The number of ether oxygens (including phenoxy) is 2. The summed E-state index contributed by atoms with van der Waals surface area (Å²) in [7, 11) is 0. The normalized spacial score (nSPS) is 11.2. The van der Waals surface area contributed by atoms with Crippen LogP contribution in [0.3, 0.4) is 0 Å². The molecular weight excluding hydrogens is 255 g/mol. The van der Waals surface area contributed by atoms with E-state index in [1.54, 1.807) is 0 Å². The number of halogens is 3. The number of hydrogen-bond donors (Lipinski definition) is 1. The molecule has 18 heavy (non-hydrogen) atoms. The maximum atomic E-state index is 12.0. The van der Waals surface area contributed by atoms with Crippen LogP contribution in [0.4, 0.5) is 13.2 Å². The van der Waals surface area contributed by atoms with Crippen molar-refractivity contribution in [1.29, 1.82) is 0 Å². The van der Waals surface area contributed by atoms with Crippen molar-refractivity contribution >= 4 is 5.97 Å². The van der Waals surface area contributed by atoms with Crippen molar-refractivity contribution in [2.75, 3.05) is 6.61 Å². The molecule has 0 aliphatic carbocycles. The second kappa shape index (κ2) is 5.11. The lowest BCUT2D eigenvalue weighted by atomic mass is 10.2. The molecule has 0 aliphatic heterocycles. The third kappa shape index (κ3) is 3.51. The number of rotatable bonds is 3. The molecule has 100 valence electrons. The van der Waals surface area contributed by atoms with E-state index in [4.69, 9.17) is 0 Å². The van der Waals surface area contributed by atoms with Gasteiger partial charge in [-0.25, -0.2) is 9.78 Å². The first kappa shape index (κ1) is 14.1. The zero-order chi connectivity index (χ0) is 13.9. The molecule has 0 aliphatic rings. The lowest BCUT2D eigenvalue weighted by Crippen LogP contribution is -2.19. The summed E-state index contributed by atoms with van der Waals surface area (Å²) in [5.41, 5.74) is -0.348. The SMILES string of the molecule is CCOC(=O)c1cc(C)c(O)c(OC(F)(F)F)n1. The molecule has 0 saturated carbocycles. The van der Waals surface area contributed by atoms with Crippen molar-refractivity contribution in [3.63, 3.8) is 0 Å². The first-order valence-corrected chi connectivity index (χ1v) is 4.88. The maximum absolute atomic E-state index is 12.0. The second-order valence-corrected chi connectivity index (χ2v) is 3.25. The van der Waals surface area contributed by atoms with Crippen LogP contribution in [0, 0.1) is 6.92 Å². The smallest absolute Gasteiger partial charge is 0.503 e. The first-order chi connectivity index (χ1) is 8.24. The standard InChI is InChI=1S/C10H10F3NO4/c1-3-17-9(16)6-4-5(2)7(15)8(14-6)18-10(11,12)13/h4,15H,3H2,1-2H3. The van der Waals surface area contributed by atoms with Gasteiger partial charge in [-0.2, -0.15) is 0 Å². The lowest BCUT2D eigenvalue weighted by Gasteiger charge is -2.12. The van der Waals surface area contributed by atoms with Gasteiger partial charge in [0, 0.05) is 0 Å². The molecule has 0 spiro atoms. The zero-order valence-electron chi connectivity index (χ0n) is 9.54. The predicted octanol–water partition coefficient (Wildman–Crippen LogP) is 2.17. The number of carbonyl (C=O) groups is 1. The Morgan fingerprint density at radius 2 is 2.11 bits per heavy atom. The summed E-state index contributed by atoms with van der Waals surface area (Å²) in [6.45, 7) is 2.90. The molecule has 0 amide bonds.